The fourth-order valence-electron chi connectivity index (χ4n) is 2.50. The van der Waals surface area contributed by atoms with Gasteiger partial charge < -0.3 is 14.6 Å². The van der Waals surface area contributed by atoms with Crippen LogP contribution in [-0.4, -0.2) is 34.7 Å². The number of imidazole rings is 1. The van der Waals surface area contributed by atoms with Crippen molar-refractivity contribution in [3.05, 3.63) is 47.8 Å². The average molecular weight is 354 g/mol. The number of hydrogen-bond acceptors (Lipinski definition) is 7. The number of hydrogen-bond donors (Lipinski definition) is 1. The Balaban J connectivity index is 2.11. The number of ether oxygens (including phenoxy) is 2. The summed E-state index contributed by atoms with van der Waals surface area (Å²) in [6.45, 7) is 1.94. The number of aromatic hydroxyl groups is 1. The number of esters is 1. The minimum absolute atomic E-state index is 0.0202. The highest BCUT2D eigenvalue weighted by molar-refractivity contribution is 5.75. The molecule has 0 spiro atoms. The van der Waals surface area contributed by atoms with Crippen LogP contribution >= 0.6 is 0 Å². The van der Waals surface area contributed by atoms with Crippen LogP contribution in [-0.2, 0) is 16.0 Å². The third kappa shape index (κ3) is 3.34. The fourth-order valence-corrected chi connectivity index (χ4v) is 2.50. The molecular formula is C18H18N4O4. The van der Waals surface area contributed by atoms with E-state index >= 15 is 0 Å². The Kier molecular flexibility index (Phi) is 4.83. The molecule has 26 heavy (non-hydrogen) atoms. The molecule has 134 valence electrons. The second kappa shape index (κ2) is 7.22. The van der Waals surface area contributed by atoms with Gasteiger partial charge in [-0.15, -0.1) is 10.2 Å². The summed E-state index contributed by atoms with van der Waals surface area (Å²) in [5, 5.41) is 18.5. The van der Waals surface area contributed by atoms with Gasteiger partial charge in [0.2, 0.25) is 0 Å². The van der Waals surface area contributed by atoms with Gasteiger partial charge in [-0.2, -0.15) is 0 Å². The lowest BCUT2D eigenvalue weighted by molar-refractivity contribution is -0.139. The maximum absolute atomic E-state index is 11.7. The molecule has 8 nitrogen and oxygen atoms in total. The Labute approximate surface area is 149 Å². The molecule has 0 radical (unpaired) electrons. The zero-order chi connectivity index (χ0) is 18.7. The van der Waals surface area contributed by atoms with Crippen molar-refractivity contribution in [2.45, 2.75) is 13.3 Å². The van der Waals surface area contributed by atoms with Crippen molar-refractivity contribution in [1.29, 1.82) is 0 Å². The number of carbonyl (C=O) groups is 1. The van der Waals surface area contributed by atoms with Crippen molar-refractivity contribution in [1.82, 2.24) is 9.38 Å². The van der Waals surface area contributed by atoms with Crippen molar-refractivity contribution in [3.8, 4) is 11.5 Å². The van der Waals surface area contributed by atoms with E-state index in [1.807, 2.05) is 19.1 Å². The van der Waals surface area contributed by atoms with Crippen LogP contribution < -0.4 is 4.74 Å². The van der Waals surface area contributed by atoms with Crippen LogP contribution in [0.1, 0.15) is 11.3 Å². The monoisotopic (exact) mass is 354 g/mol. The van der Waals surface area contributed by atoms with E-state index in [4.69, 9.17) is 9.47 Å². The van der Waals surface area contributed by atoms with Crippen LogP contribution in [0, 0.1) is 6.92 Å². The van der Waals surface area contributed by atoms with E-state index in [2.05, 4.69) is 15.2 Å². The second-order valence-electron chi connectivity index (χ2n) is 5.60. The highest BCUT2D eigenvalue weighted by atomic mass is 16.5. The summed E-state index contributed by atoms with van der Waals surface area (Å²) in [6.07, 6.45) is 1.60. The minimum atomic E-state index is -0.461. The average Bonchev–Trinajstić information content (AvgIpc) is 2.98. The molecule has 1 N–H and O–H groups in total. The van der Waals surface area contributed by atoms with Gasteiger partial charge in [-0.25, -0.2) is 4.98 Å². The van der Waals surface area contributed by atoms with E-state index in [0.29, 0.717) is 22.9 Å². The van der Waals surface area contributed by atoms with E-state index in [-0.39, 0.29) is 17.8 Å². The summed E-state index contributed by atoms with van der Waals surface area (Å²) in [5.74, 6) is 0.432. The molecule has 0 unspecified atom stereocenters. The molecule has 0 aliphatic rings. The van der Waals surface area contributed by atoms with Gasteiger partial charge >= 0.3 is 5.97 Å². The number of azo groups is 1. The number of pyridine rings is 1. The first-order valence-electron chi connectivity index (χ1n) is 7.85. The Bertz CT molecular complexity index is 994. The fraction of sp³-hybridized carbons (Fsp3) is 0.222. The summed E-state index contributed by atoms with van der Waals surface area (Å²) in [5.41, 5.74) is 2.20. The van der Waals surface area contributed by atoms with Crippen LogP contribution in [0.4, 0.5) is 11.5 Å². The number of benzene rings is 1. The minimum Gasteiger partial charge on any atom is -0.504 e. The maximum Gasteiger partial charge on any atom is 0.311 e. The standard InChI is InChI=1S/C18H18N4O4/c1-11-6-7-15(25-2)12(9-11)20-21-17-13(10-16(24)26-3)19-18-14(23)5-4-8-22(17)18/h4-9,23H,10H2,1-3H3. The maximum atomic E-state index is 11.7. The van der Waals surface area contributed by atoms with Crippen LogP contribution in [0.2, 0.25) is 0 Å². The van der Waals surface area contributed by atoms with E-state index in [9.17, 15) is 9.90 Å². The van der Waals surface area contributed by atoms with Gasteiger partial charge in [0.05, 0.1) is 26.3 Å². The van der Waals surface area contributed by atoms with Gasteiger partial charge in [0.1, 0.15) is 11.4 Å². The Morgan fingerprint density at radius 3 is 2.81 bits per heavy atom. The van der Waals surface area contributed by atoms with Crippen LogP contribution in [0.15, 0.2) is 46.8 Å². The Hall–Kier alpha value is -3.42. The van der Waals surface area contributed by atoms with Gasteiger partial charge in [0.15, 0.2) is 17.2 Å². The first kappa shape index (κ1) is 17.4. The highest BCUT2D eigenvalue weighted by Crippen LogP contribution is 2.32. The number of fused-ring (bicyclic) bond motifs is 1. The zero-order valence-electron chi connectivity index (χ0n) is 14.6. The molecule has 0 fully saturated rings. The van der Waals surface area contributed by atoms with Gasteiger partial charge in [-0.1, -0.05) is 6.07 Å². The molecule has 3 rings (SSSR count). The number of nitrogens with zero attached hydrogens (tertiary/aromatic N) is 4. The second-order valence-corrected chi connectivity index (χ2v) is 5.60. The molecule has 1 aromatic carbocycles. The van der Waals surface area contributed by atoms with Gasteiger partial charge in [0.25, 0.3) is 0 Å². The molecule has 0 bridgehead atoms. The first-order chi connectivity index (χ1) is 12.5. The molecular weight excluding hydrogens is 336 g/mol. The number of carbonyl (C=O) groups excluding carboxylic acids is 1. The van der Waals surface area contributed by atoms with Crippen molar-refractivity contribution in [3.63, 3.8) is 0 Å². The summed E-state index contributed by atoms with van der Waals surface area (Å²) < 4.78 is 11.6. The Morgan fingerprint density at radius 2 is 2.08 bits per heavy atom. The summed E-state index contributed by atoms with van der Waals surface area (Å²) in [4.78, 5) is 16.0. The molecule has 0 aliphatic heterocycles. The quantitative estimate of drug-likeness (QED) is 0.559. The lowest BCUT2D eigenvalue weighted by Gasteiger charge is -2.04. The van der Waals surface area contributed by atoms with E-state index in [0.717, 1.165) is 5.56 Å². The largest absolute Gasteiger partial charge is 0.504 e. The molecule has 2 aromatic heterocycles. The van der Waals surface area contributed by atoms with Crippen molar-refractivity contribution < 1.29 is 19.4 Å². The van der Waals surface area contributed by atoms with Crippen LogP contribution in [0.5, 0.6) is 11.5 Å². The third-order valence-corrected chi connectivity index (χ3v) is 3.80. The van der Waals surface area contributed by atoms with E-state index in [1.165, 1.54) is 13.2 Å². The Morgan fingerprint density at radius 1 is 1.27 bits per heavy atom. The summed E-state index contributed by atoms with van der Waals surface area (Å²) >= 11 is 0. The molecule has 2 heterocycles. The zero-order valence-corrected chi connectivity index (χ0v) is 14.6. The normalized spacial score (nSPS) is 11.2. The van der Waals surface area contributed by atoms with Gasteiger partial charge in [0, 0.05) is 6.20 Å². The lowest BCUT2D eigenvalue weighted by Crippen LogP contribution is -2.04. The summed E-state index contributed by atoms with van der Waals surface area (Å²) in [6, 6.07) is 8.71. The van der Waals surface area contributed by atoms with Crippen LogP contribution in [0.3, 0.4) is 0 Å². The third-order valence-electron chi connectivity index (χ3n) is 3.80. The lowest BCUT2D eigenvalue weighted by atomic mass is 10.2. The molecule has 8 heteroatoms. The van der Waals surface area contributed by atoms with Crippen molar-refractivity contribution in [2.75, 3.05) is 14.2 Å². The van der Waals surface area contributed by atoms with Gasteiger partial charge in [-0.3, -0.25) is 9.20 Å². The van der Waals surface area contributed by atoms with Crippen molar-refractivity contribution in [2.24, 2.45) is 10.2 Å². The van der Waals surface area contributed by atoms with E-state index < -0.39 is 5.97 Å². The predicted octanol–water partition coefficient (Wildman–Crippen LogP) is 3.49. The smallest absolute Gasteiger partial charge is 0.311 e. The molecule has 0 aliphatic carbocycles. The number of rotatable bonds is 5. The number of methoxy groups -OCH3 is 2. The van der Waals surface area contributed by atoms with E-state index in [1.54, 1.807) is 29.8 Å². The van der Waals surface area contributed by atoms with Crippen LogP contribution in [0.25, 0.3) is 5.65 Å². The van der Waals surface area contributed by atoms with Gasteiger partial charge in [-0.05, 0) is 36.8 Å². The number of aromatic nitrogens is 2. The summed E-state index contributed by atoms with van der Waals surface area (Å²) in [7, 11) is 2.85. The molecule has 0 atom stereocenters. The number of aryl methyl sites for hydroxylation is 1. The first-order valence-corrected chi connectivity index (χ1v) is 7.85. The molecule has 0 amide bonds. The molecule has 0 saturated heterocycles. The molecule has 0 saturated carbocycles. The molecule has 3 aromatic rings. The SMILES string of the molecule is COC(=O)Cc1nc2c(O)cccn2c1N=Nc1cc(C)ccc1OC. The highest BCUT2D eigenvalue weighted by Gasteiger charge is 2.18. The topological polar surface area (TPSA) is 97.8 Å². The predicted molar refractivity (Wildman–Crippen MR) is 94.5 cm³/mol. The van der Waals surface area contributed by atoms with Crippen molar-refractivity contribution >= 4 is 23.1 Å².